The van der Waals surface area contributed by atoms with Crippen molar-refractivity contribution in [2.24, 2.45) is 0 Å². The first-order valence-corrected chi connectivity index (χ1v) is 6.52. The van der Waals surface area contributed by atoms with Crippen LogP contribution in [0.1, 0.15) is 24.2 Å². The summed E-state index contributed by atoms with van der Waals surface area (Å²) in [5, 5.41) is 5.29. The number of anilines is 2. The molecule has 1 aromatic rings. The number of amides is 2. The molecule has 0 saturated carbocycles. The first-order chi connectivity index (χ1) is 9.36. The fraction of sp³-hybridized carbons (Fsp3) is 0.429. The van der Waals surface area contributed by atoms with Crippen LogP contribution in [0.25, 0.3) is 0 Å². The average Bonchev–Trinajstić information content (AvgIpc) is 2.38. The van der Waals surface area contributed by atoms with E-state index in [0.29, 0.717) is 17.8 Å². The molecule has 0 radical (unpaired) electrons. The third-order valence-corrected chi connectivity index (χ3v) is 2.86. The lowest BCUT2D eigenvalue weighted by Gasteiger charge is -2.17. The highest BCUT2D eigenvalue weighted by atomic mass is 16.2. The number of rotatable bonds is 5. The molecule has 20 heavy (non-hydrogen) atoms. The van der Waals surface area contributed by atoms with Crippen LogP contribution < -0.4 is 21.3 Å². The van der Waals surface area contributed by atoms with Crippen LogP contribution in [-0.2, 0) is 4.79 Å². The van der Waals surface area contributed by atoms with Crippen LogP contribution in [0, 0.1) is 0 Å². The maximum absolute atomic E-state index is 12.0. The molecule has 2 amide bonds. The van der Waals surface area contributed by atoms with Crippen molar-refractivity contribution in [3.8, 4) is 0 Å². The molecule has 0 heterocycles. The molecule has 1 aromatic carbocycles. The van der Waals surface area contributed by atoms with Crippen molar-refractivity contribution >= 4 is 23.2 Å². The van der Waals surface area contributed by atoms with Gasteiger partial charge >= 0.3 is 0 Å². The molecule has 1 atom stereocenters. The van der Waals surface area contributed by atoms with E-state index in [9.17, 15) is 9.59 Å². The van der Waals surface area contributed by atoms with E-state index in [2.05, 4.69) is 10.6 Å². The molecule has 0 aliphatic heterocycles. The predicted molar refractivity (Wildman–Crippen MR) is 80.8 cm³/mol. The highest BCUT2D eigenvalue weighted by molar-refractivity contribution is 5.98. The summed E-state index contributed by atoms with van der Waals surface area (Å²) in [6.07, 6.45) is 0. The van der Waals surface area contributed by atoms with Gasteiger partial charge in [-0.25, -0.2) is 0 Å². The predicted octanol–water partition coefficient (Wildman–Crippen LogP) is 0.589. The third-order valence-electron chi connectivity index (χ3n) is 2.86. The standard InChI is InChI=1S/C14H22N4O2/c1-5-16-13(19)9(2)17-14(20)10-6-7-12(18(3)4)11(15)8-10/h6-9H,5,15H2,1-4H3,(H,16,19)(H,17,20). The molecular weight excluding hydrogens is 256 g/mol. The molecule has 110 valence electrons. The van der Waals surface area contributed by atoms with Gasteiger partial charge in [0.05, 0.1) is 11.4 Å². The Bertz CT molecular complexity index is 500. The summed E-state index contributed by atoms with van der Waals surface area (Å²) in [5.41, 5.74) is 7.70. The van der Waals surface area contributed by atoms with Gasteiger partial charge in [0.1, 0.15) is 6.04 Å². The van der Waals surface area contributed by atoms with E-state index < -0.39 is 6.04 Å². The Kier molecular flexibility index (Phi) is 5.37. The molecule has 6 nitrogen and oxygen atoms in total. The number of benzene rings is 1. The number of hydrogen-bond donors (Lipinski definition) is 3. The largest absolute Gasteiger partial charge is 0.397 e. The highest BCUT2D eigenvalue weighted by Gasteiger charge is 2.16. The monoisotopic (exact) mass is 278 g/mol. The smallest absolute Gasteiger partial charge is 0.251 e. The van der Waals surface area contributed by atoms with Crippen molar-refractivity contribution in [3.63, 3.8) is 0 Å². The van der Waals surface area contributed by atoms with Crippen LogP contribution in [-0.4, -0.2) is 38.5 Å². The van der Waals surface area contributed by atoms with E-state index in [4.69, 9.17) is 5.73 Å². The first kappa shape index (κ1) is 15.8. The number of nitrogen functional groups attached to an aromatic ring is 1. The number of nitrogens with zero attached hydrogens (tertiary/aromatic N) is 1. The lowest BCUT2D eigenvalue weighted by Crippen LogP contribution is -2.44. The maximum Gasteiger partial charge on any atom is 0.251 e. The molecule has 0 aliphatic carbocycles. The van der Waals surface area contributed by atoms with Gasteiger partial charge in [-0.05, 0) is 32.0 Å². The SMILES string of the molecule is CCNC(=O)C(C)NC(=O)c1ccc(N(C)C)c(N)c1. The van der Waals surface area contributed by atoms with Gasteiger partial charge in [0.2, 0.25) is 5.91 Å². The lowest BCUT2D eigenvalue weighted by molar-refractivity contribution is -0.122. The number of nitrogens with one attached hydrogen (secondary N) is 2. The molecule has 0 saturated heterocycles. The van der Waals surface area contributed by atoms with Crippen LogP contribution in [0.15, 0.2) is 18.2 Å². The van der Waals surface area contributed by atoms with E-state index in [1.807, 2.05) is 25.9 Å². The van der Waals surface area contributed by atoms with Crippen LogP contribution in [0.3, 0.4) is 0 Å². The minimum atomic E-state index is -0.586. The minimum Gasteiger partial charge on any atom is -0.397 e. The van der Waals surface area contributed by atoms with Gasteiger partial charge in [-0.1, -0.05) is 0 Å². The molecule has 1 rings (SSSR count). The van der Waals surface area contributed by atoms with Crippen LogP contribution in [0.5, 0.6) is 0 Å². The molecule has 0 aliphatic rings. The van der Waals surface area contributed by atoms with E-state index >= 15 is 0 Å². The Morgan fingerprint density at radius 3 is 2.50 bits per heavy atom. The Morgan fingerprint density at radius 1 is 1.35 bits per heavy atom. The highest BCUT2D eigenvalue weighted by Crippen LogP contribution is 2.22. The van der Waals surface area contributed by atoms with Gasteiger partial charge in [-0.2, -0.15) is 0 Å². The van der Waals surface area contributed by atoms with Gasteiger partial charge in [-0.3, -0.25) is 9.59 Å². The molecule has 6 heteroatoms. The first-order valence-electron chi connectivity index (χ1n) is 6.52. The van der Waals surface area contributed by atoms with Crippen LogP contribution in [0.2, 0.25) is 0 Å². The summed E-state index contributed by atoms with van der Waals surface area (Å²) < 4.78 is 0. The molecule has 0 fully saturated rings. The Balaban J connectivity index is 2.78. The quantitative estimate of drug-likeness (QED) is 0.688. The molecule has 0 bridgehead atoms. The second kappa shape index (κ2) is 6.79. The number of carbonyl (C=O) groups is 2. The molecule has 4 N–H and O–H groups in total. The van der Waals surface area contributed by atoms with Gasteiger partial charge in [0, 0.05) is 26.2 Å². The Labute approximate surface area is 119 Å². The van der Waals surface area contributed by atoms with Crippen molar-refractivity contribution in [1.29, 1.82) is 0 Å². The van der Waals surface area contributed by atoms with Crippen molar-refractivity contribution in [1.82, 2.24) is 10.6 Å². The topological polar surface area (TPSA) is 87.5 Å². The van der Waals surface area contributed by atoms with E-state index in [1.165, 1.54) is 0 Å². The second-order valence-corrected chi connectivity index (χ2v) is 4.76. The fourth-order valence-corrected chi connectivity index (χ4v) is 1.78. The summed E-state index contributed by atoms with van der Waals surface area (Å²) in [4.78, 5) is 25.5. The summed E-state index contributed by atoms with van der Waals surface area (Å²) >= 11 is 0. The molecule has 0 spiro atoms. The van der Waals surface area contributed by atoms with Crippen LogP contribution >= 0.6 is 0 Å². The zero-order valence-corrected chi connectivity index (χ0v) is 12.4. The zero-order chi connectivity index (χ0) is 15.3. The number of likely N-dealkylation sites (N-methyl/N-ethyl adjacent to an activating group) is 1. The van der Waals surface area contributed by atoms with Crippen molar-refractivity contribution < 1.29 is 9.59 Å². The third kappa shape index (κ3) is 3.88. The maximum atomic E-state index is 12.0. The van der Waals surface area contributed by atoms with Gasteiger partial charge < -0.3 is 21.3 Å². The molecule has 1 unspecified atom stereocenters. The second-order valence-electron chi connectivity index (χ2n) is 4.76. The van der Waals surface area contributed by atoms with Crippen molar-refractivity contribution in [3.05, 3.63) is 23.8 Å². The Morgan fingerprint density at radius 2 is 2.00 bits per heavy atom. The molecular formula is C14H22N4O2. The van der Waals surface area contributed by atoms with Gasteiger partial charge in [0.25, 0.3) is 5.91 Å². The number of carbonyl (C=O) groups excluding carboxylic acids is 2. The summed E-state index contributed by atoms with van der Waals surface area (Å²) in [6, 6.07) is 4.49. The van der Waals surface area contributed by atoms with E-state index in [-0.39, 0.29) is 11.8 Å². The normalized spacial score (nSPS) is 11.6. The molecule has 0 aromatic heterocycles. The van der Waals surface area contributed by atoms with Crippen LogP contribution in [0.4, 0.5) is 11.4 Å². The fourth-order valence-electron chi connectivity index (χ4n) is 1.78. The van der Waals surface area contributed by atoms with Crippen molar-refractivity contribution in [2.75, 3.05) is 31.3 Å². The number of hydrogen-bond acceptors (Lipinski definition) is 4. The van der Waals surface area contributed by atoms with Crippen molar-refractivity contribution in [2.45, 2.75) is 19.9 Å². The summed E-state index contributed by atoms with van der Waals surface area (Å²) in [5.74, 6) is -0.528. The Hall–Kier alpha value is -2.24. The minimum absolute atomic E-state index is 0.210. The summed E-state index contributed by atoms with van der Waals surface area (Å²) in [7, 11) is 3.76. The lowest BCUT2D eigenvalue weighted by atomic mass is 10.1. The zero-order valence-electron chi connectivity index (χ0n) is 12.4. The number of nitrogens with two attached hydrogens (primary N) is 1. The van der Waals surface area contributed by atoms with E-state index in [0.717, 1.165) is 5.69 Å². The summed E-state index contributed by atoms with van der Waals surface area (Å²) in [6.45, 7) is 4.00. The average molecular weight is 278 g/mol. The van der Waals surface area contributed by atoms with E-state index in [1.54, 1.807) is 25.1 Å². The van der Waals surface area contributed by atoms with Gasteiger partial charge in [0.15, 0.2) is 0 Å². The van der Waals surface area contributed by atoms with Gasteiger partial charge in [-0.15, -0.1) is 0 Å².